The number of benzene rings is 2. The fourth-order valence-electron chi connectivity index (χ4n) is 1.96. The highest BCUT2D eigenvalue weighted by Gasteiger charge is 2.21. The fraction of sp³-hybridized carbons (Fsp3) is 0.250. The lowest BCUT2D eigenvalue weighted by Gasteiger charge is -2.23. The van der Waals surface area contributed by atoms with E-state index in [2.05, 4.69) is 15.9 Å². The lowest BCUT2D eigenvalue weighted by molar-refractivity contribution is 0.0504. The summed E-state index contributed by atoms with van der Waals surface area (Å²) in [5.41, 5.74) is 5.44. The van der Waals surface area contributed by atoms with E-state index in [1.807, 2.05) is 48.5 Å². The highest BCUT2D eigenvalue weighted by molar-refractivity contribution is 9.10. The quantitative estimate of drug-likeness (QED) is 0.873. The van der Waals surface area contributed by atoms with Crippen molar-refractivity contribution in [3.8, 4) is 11.5 Å². The van der Waals surface area contributed by atoms with Gasteiger partial charge in [0.15, 0.2) is 0 Å². The standard InChI is InChI=1S/C16H18BrNO2/c1-16(19,10-11-18)12-6-8-13(9-7-12)20-15-5-3-2-4-14(15)17/h2-9,19H,10-11,18H2,1H3. The molecule has 0 spiro atoms. The molecule has 0 heterocycles. The highest BCUT2D eigenvalue weighted by atomic mass is 79.9. The number of para-hydroxylation sites is 1. The van der Waals surface area contributed by atoms with Crippen molar-refractivity contribution in [2.24, 2.45) is 5.73 Å². The Morgan fingerprint density at radius 1 is 1.15 bits per heavy atom. The summed E-state index contributed by atoms with van der Waals surface area (Å²) in [6.45, 7) is 2.21. The van der Waals surface area contributed by atoms with E-state index in [9.17, 15) is 5.11 Å². The molecular weight excluding hydrogens is 318 g/mol. The second kappa shape index (κ2) is 6.39. The molecule has 0 radical (unpaired) electrons. The lowest BCUT2D eigenvalue weighted by atomic mass is 9.93. The van der Waals surface area contributed by atoms with E-state index >= 15 is 0 Å². The largest absolute Gasteiger partial charge is 0.456 e. The van der Waals surface area contributed by atoms with Crippen molar-refractivity contribution in [2.45, 2.75) is 18.9 Å². The molecule has 106 valence electrons. The van der Waals surface area contributed by atoms with E-state index in [-0.39, 0.29) is 0 Å². The molecular formula is C16H18BrNO2. The smallest absolute Gasteiger partial charge is 0.141 e. The van der Waals surface area contributed by atoms with Gasteiger partial charge in [-0.15, -0.1) is 0 Å². The average molecular weight is 336 g/mol. The van der Waals surface area contributed by atoms with Gasteiger partial charge in [-0.1, -0.05) is 24.3 Å². The minimum absolute atomic E-state index is 0.447. The van der Waals surface area contributed by atoms with Crippen LogP contribution in [0.2, 0.25) is 0 Å². The first-order valence-electron chi connectivity index (χ1n) is 6.48. The van der Waals surface area contributed by atoms with Crippen LogP contribution in [0, 0.1) is 0 Å². The van der Waals surface area contributed by atoms with E-state index in [1.165, 1.54) is 0 Å². The molecule has 0 saturated heterocycles. The Labute approximate surface area is 127 Å². The molecule has 2 aromatic carbocycles. The minimum Gasteiger partial charge on any atom is -0.456 e. The van der Waals surface area contributed by atoms with E-state index in [1.54, 1.807) is 6.92 Å². The number of aliphatic hydroxyl groups is 1. The second-order valence-corrected chi connectivity index (χ2v) is 5.72. The van der Waals surface area contributed by atoms with Crippen LogP contribution < -0.4 is 10.5 Å². The number of hydrogen-bond donors (Lipinski definition) is 2. The molecule has 0 fully saturated rings. The maximum atomic E-state index is 10.3. The molecule has 2 aromatic rings. The molecule has 2 rings (SSSR count). The number of ether oxygens (including phenoxy) is 1. The predicted octanol–water partition coefficient (Wildman–Crippen LogP) is 3.80. The van der Waals surface area contributed by atoms with Gasteiger partial charge in [0.05, 0.1) is 10.1 Å². The third-order valence-electron chi connectivity index (χ3n) is 3.17. The Hall–Kier alpha value is -1.36. The van der Waals surface area contributed by atoms with E-state index in [0.717, 1.165) is 21.5 Å². The average Bonchev–Trinajstić information content (AvgIpc) is 2.42. The summed E-state index contributed by atoms with van der Waals surface area (Å²) in [5.74, 6) is 1.48. The van der Waals surface area contributed by atoms with Crippen LogP contribution in [-0.4, -0.2) is 11.7 Å². The minimum atomic E-state index is -0.902. The van der Waals surface area contributed by atoms with Crippen molar-refractivity contribution in [2.75, 3.05) is 6.54 Å². The molecule has 0 saturated carbocycles. The number of hydrogen-bond acceptors (Lipinski definition) is 3. The zero-order valence-electron chi connectivity index (χ0n) is 11.3. The van der Waals surface area contributed by atoms with Gasteiger partial charge in [-0.05, 0) is 65.6 Å². The van der Waals surface area contributed by atoms with Gasteiger partial charge in [0, 0.05) is 0 Å². The van der Waals surface area contributed by atoms with E-state index in [0.29, 0.717) is 13.0 Å². The van der Waals surface area contributed by atoms with Gasteiger partial charge in [-0.25, -0.2) is 0 Å². The van der Waals surface area contributed by atoms with Crippen LogP contribution in [-0.2, 0) is 5.60 Å². The van der Waals surface area contributed by atoms with Gasteiger partial charge in [0.2, 0.25) is 0 Å². The second-order valence-electron chi connectivity index (χ2n) is 4.87. The van der Waals surface area contributed by atoms with Crippen molar-refractivity contribution in [1.29, 1.82) is 0 Å². The van der Waals surface area contributed by atoms with Gasteiger partial charge in [0.25, 0.3) is 0 Å². The molecule has 0 aliphatic heterocycles. The van der Waals surface area contributed by atoms with Crippen molar-refractivity contribution < 1.29 is 9.84 Å². The molecule has 1 unspecified atom stereocenters. The normalized spacial score (nSPS) is 13.8. The van der Waals surface area contributed by atoms with Gasteiger partial charge in [-0.2, -0.15) is 0 Å². The van der Waals surface area contributed by atoms with Crippen molar-refractivity contribution in [3.63, 3.8) is 0 Å². The summed E-state index contributed by atoms with van der Waals surface area (Å²) in [5, 5.41) is 10.3. The summed E-state index contributed by atoms with van der Waals surface area (Å²) >= 11 is 3.44. The number of rotatable bonds is 5. The molecule has 0 bridgehead atoms. The maximum absolute atomic E-state index is 10.3. The highest BCUT2D eigenvalue weighted by Crippen LogP contribution is 2.31. The Kier molecular flexibility index (Phi) is 4.81. The zero-order valence-corrected chi connectivity index (χ0v) is 12.9. The van der Waals surface area contributed by atoms with Crippen LogP contribution in [0.25, 0.3) is 0 Å². The Bertz CT molecular complexity index is 567. The lowest BCUT2D eigenvalue weighted by Crippen LogP contribution is -2.24. The molecule has 4 heteroatoms. The van der Waals surface area contributed by atoms with E-state index < -0.39 is 5.60 Å². The molecule has 3 N–H and O–H groups in total. The van der Waals surface area contributed by atoms with Crippen LogP contribution in [0.3, 0.4) is 0 Å². The summed E-state index contributed by atoms with van der Waals surface area (Å²) in [6, 6.07) is 15.1. The van der Waals surface area contributed by atoms with Crippen molar-refractivity contribution in [3.05, 3.63) is 58.6 Å². The fourth-order valence-corrected chi connectivity index (χ4v) is 2.33. The first kappa shape index (κ1) is 15.0. The third-order valence-corrected chi connectivity index (χ3v) is 3.83. The summed E-state index contributed by atoms with van der Waals surface area (Å²) in [7, 11) is 0. The molecule has 3 nitrogen and oxygen atoms in total. The molecule has 0 amide bonds. The van der Waals surface area contributed by atoms with Crippen LogP contribution in [0.4, 0.5) is 0 Å². The third kappa shape index (κ3) is 3.60. The summed E-state index contributed by atoms with van der Waals surface area (Å²) in [6.07, 6.45) is 0.525. The van der Waals surface area contributed by atoms with Crippen LogP contribution >= 0.6 is 15.9 Å². The van der Waals surface area contributed by atoms with Gasteiger partial charge in [0.1, 0.15) is 11.5 Å². The SMILES string of the molecule is CC(O)(CCN)c1ccc(Oc2ccccc2Br)cc1. The Morgan fingerprint density at radius 3 is 2.40 bits per heavy atom. The van der Waals surface area contributed by atoms with E-state index in [4.69, 9.17) is 10.5 Å². The molecule has 1 atom stereocenters. The maximum Gasteiger partial charge on any atom is 0.141 e. The molecule has 0 aliphatic rings. The number of halogens is 1. The summed E-state index contributed by atoms with van der Waals surface area (Å²) < 4.78 is 6.69. The monoisotopic (exact) mass is 335 g/mol. The van der Waals surface area contributed by atoms with Crippen LogP contribution in [0.15, 0.2) is 53.0 Å². The van der Waals surface area contributed by atoms with Crippen molar-refractivity contribution >= 4 is 15.9 Å². The first-order valence-corrected chi connectivity index (χ1v) is 7.27. The molecule has 0 aliphatic carbocycles. The van der Waals surface area contributed by atoms with Crippen LogP contribution in [0.5, 0.6) is 11.5 Å². The Balaban J connectivity index is 2.15. The zero-order chi connectivity index (χ0) is 14.6. The van der Waals surface area contributed by atoms with Gasteiger partial charge >= 0.3 is 0 Å². The topological polar surface area (TPSA) is 55.5 Å². The van der Waals surface area contributed by atoms with Gasteiger partial charge < -0.3 is 15.6 Å². The van der Waals surface area contributed by atoms with Crippen LogP contribution in [0.1, 0.15) is 18.9 Å². The number of nitrogens with two attached hydrogens (primary N) is 1. The predicted molar refractivity (Wildman–Crippen MR) is 83.9 cm³/mol. The van der Waals surface area contributed by atoms with Gasteiger partial charge in [-0.3, -0.25) is 0 Å². The summed E-state index contributed by atoms with van der Waals surface area (Å²) in [4.78, 5) is 0. The molecule has 0 aromatic heterocycles. The first-order chi connectivity index (χ1) is 9.53. The van der Waals surface area contributed by atoms with Crippen molar-refractivity contribution in [1.82, 2.24) is 0 Å². The molecule has 20 heavy (non-hydrogen) atoms. The Morgan fingerprint density at radius 2 is 1.80 bits per heavy atom.